The van der Waals surface area contributed by atoms with Crippen molar-refractivity contribution in [2.45, 2.75) is 26.1 Å². The summed E-state index contributed by atoms with van der Waals surface area (Å²) >= 11 is 0. The Bertz CT molecular complexity index is 1160. The number of nitrogens with two attached hydrogens (primary N) is 1. The Balaban J connectivity index is 1.53. The maximum Gasteiger partial charge on any atom is 0.119 e. The van der Waals surface area contributed by atoms with Crippen LogP contribution in [0.5, 0.6) is 5.75 Å². The van der Waals surface area contributed by atoms with Crippen LogP contribution in [0.1, 0.15) is 22.4 Å². The Kier molecular flexibility index (Phi) is 5.32. The van der Waals surface area contributed by atoms with Gasteiger partial charge < -0.3 is 19.6 Å². The van der Waals surface area contributed by atoms with Crippen LogP contribution >= 0.6 is 0 Å². The van der Waals surface area contributed by atoms with Gasteiger partial charge in [0.2, 0.25) is 0 Å². The summed E-state index contributed by atoms with van der Waals surface area (Å²) in [6.07, 6.45) is 6.77. The van der Waals surface area contributed by atoms with Gasteiger partial charge in [0.25, 0.3) is 0 Å². The van der Waals surface area contributed by atoms with Gasteiger partial charge in [-0.1, -0.05) is 12.1 Å². The van der Waals surface area contributed by atoms with E-state index in [2.05, 4.69) is 32.5 Å². The summed E-state index contributed by atoms with van der Waals surface area (Å²) in [7, 11) is 1.68. The maximum atomic E-state index is 8.95. The molecule has 4 aromatic rings. The molecule has 0 aliphatic rings. The van der Waals surface area contributed by atoms with E-state index in [-0.39, 0.29) is 0 Å². The first-order valence-electron chi connectivity index (χ1n) is 9.55. The van der Waals surface area contributed by atoms with Crippen molar-refractivity contribution in [1.82, 2.24) is 14.1 Å². The van der Waals surface area contributed by atoms with Crippen LogP contribution in [0.4, 0.5) is 0 Å². The Hall–Kier alpha value is -3.56. The van der Waals surface area contributed by atoms with E-state index in [4.69, 9.17) is 15.7 Å². The molecule has 2 heterocycles. The van der Waals surface area contributed by atoms with Crippen LogP contribution in [-0.4, -0.2) is 21.2 Å². The van der Waals surface area contributed by atoms with E-state index in [0.717, 1.165) is 47.3 Å². The average Bonchev–Trinajstić information content (AvgIpc) is 3.36. The second-order valence-corrected chi connectivity index (χ2v) is 7.01. The van der Waals surface area contributed by atoms with Crippen molar-refractivity contribution < 1.29 is 4.74 Å². The average molecular weight is 385 g/mol. The molecule has 6 nitrogen and oxygen atoms in total. The topological polar surface area (TPSA) is 81.8 Å². The highest BCUT2D eigenvalue weighted by Crippen LogP contribution is 2.26. The molecule has 0 fully saturated rings. The van der Waals surface area contributed by atoms with Gasteiger partial charge in [0, 0.05) is 55.0 Å². The summed E-state index contributed by atoms with van der Waals surface area (Å²) in [6.45, 7) is 2.06. The molecule has 0 aliphatic carbocycles. The van der Waals surface area contributed by atoms with Crippen LogP contribution in [-0.2, 0) is 26.1 Å². The zero-order valence-corrected chi connectivity index (χ0v) is 16.4. The maximum absolute atomic E-state index is 8.95. The predicted octanol–water partition coefficient (Wildman–Crippen LogP) is 3.47. The third-order valence-corrected chi connectivity index (χ3v) is 5.23. The highest BCUT2D eigenvalue weighted by molar-refractivity contribution is 5.85. The highest BCUT2D eigenvalue weighted by Gasteiger charge is 2.10. The normalized spacial score (nSPS) is 10.9. The van der Waals surface area contributed by atoms with Crippen molar-refractivity contribution in [2.24, 2.45) is 5.73 Å². The Morgan fingerprint density at radius 2 is 1.97 bits per heavy atom. The Morgan fingerprint density at radius 1 is 1.14 bits per heavy atom. The number of methoxy groups -OCH3 is 1. The van der Waals surface area contributed by atoms with E-state index in [9.17, 15) is 0 Å². The number of nitriles is 1. The molecule has 0 radical (unpaired) electrons. The summed E-state index contributed by atoms with van der Waals surface area (Å²) in [5, 5.41) is 10.1. The Labute approximate surface area is 169 Å². The molecule has 146 valence electrons. The molecule has 29 heavy (non-hydrogen) atoms. The van der Waals surface area contributed by atoms with E-state index in [1.165, 1.54) is 5.69 Å². The van der Waals surface area contributed by atoms with Gasteiger partial charge in [0.05, 0.1) is 25.1 Å². The zero-order valence-electron chi connectivity index (χ0n) is 16.4. The molecule has 0 amide bonds. The van der Waals surface area contributed by atoms with Gasteiger partial charge >= 0.3 is 0 Å². The number of fused-ring (bicyclic) bond motifs is 1. The zero-order chi connectivity index (χ0) is 20.2. The number of rotatable bonds is 7. The van der Waals surface area contributed by atoms with Crippen LogP contribution < -0.4 is 10.5 Å². The number of ether oxygens (including phenoxy) is 1. The molecule has 0 bridgehead atoms. The molecule has 0 atom stereocenters. The number of benzene rings is 2. The highest BCUT2D eigenvalue weighted by atomic mass is 16.5. The monoisotopic (exact) mass is 385 g/mol. The van der Waals surface area contributed by atoms with Crippen molar-refractivity contribution in [3.8, 4) is 11.8 Å². The Morgan fingerprint density at radius 3 is 2.69 bits per heavy atom. The van der Waals surface area contributed by atoms with Crippen molar-refractivity contribution in [1.29, 1.82) is 5.26 Å². The van der Waals surface area contributed by atoms with Crippen LogP contribution in [0.3, 0.4) is 0 Å². The van der Waals surface area contributed by atoms with Crippen molar-refractivity contribution in [2.75, 3.05) is 7.11 Å². The van der Waals surface area contributed by atoms with E-state index in [1.807, 2.05) is 48.9 Å². The van der Waals surface area contributed by atoms with Gasteiger partial charge in [-0.25, -0.2) is 4.98 Å². The van der Waals surface area contributed by atoms with Gasteiger partial charge in [-0.3, -0.25) is 0 Å². The number of hydrogen-bond donors (Lipinski definition) is 1. The molecule has 0 aliphatic heterocycles. The van der Waals surface area contributed by atoms with Crippen LogP contribution in [0.2, 0.25) is 0 Å². The fraction of sp³-hybridized carbons (Fsp3) is 0.217. The largest absolute Gasteiger partial charge is 0.497 e. The lowest BCUT2D eigenvalue weighted by Gasteiger charge is -2.10. The second-order valence-electron chi connectivity index (χ2n) is 7.01. The van der Waals surface area contributed by atoms with Crippen molar-refractivity contribution >= 4 is 10.9 Å². The first-order chi connectivity index (χ1) is 14.2. The van der Waals surface area contributed by atoms with Crippen LogP contribution in [0.15, 0.2) is 61.2 Å². The lowest BCUT2D eigenvalue weighted by molar-refractivity contribution is 0.415. The fourth-order valence-electron chi connectivity index (χ4n) is 3.64. The standard InChI is InChI=1S/C23H23N5O/c1-29-21-6-7-23-22(10-21)19(12-25)15-27(23)9-8-20-13-26-16-28(20)14-18-4-2-17(11-24)3-5-18/h2-7,10,13,15-16H,8-9,12,14,25H2,1H3. The summed E-state index contributed by atoms with van der Waals surface area (Å²) in [4.78, 5) is 4.34. The van der Waals surface area contributed by atoms with E-state index >= 15 is 0 Å². The second kappa shape index (κ2) is 8.21. The minimum Gasteiger partial charge on any atom is -0.497 e. The van der Waals surface area contributed by atoms with Gasteiger partial charge in [-0.2, -0.15) is 5.26 Å². The molecule has 6 heteroatoms. The van der Waals surface area contributed by atoms with Gasteiger partial charge in [-0.15, -0.1) is 0 Å². The number of hydrogen-bond acceptors (Lipinski definition) is 4. The lowest BCUT2D eigenvalue weighted by Crippen LogP contribution is -2.07. The summed E-state index contributed by atoms with van der Waals surface area (Å²) in [5.41, 5.74) is 11.2. The van der Waals surface area contributed by atoms with Gasteiger partial charge in [-0.05, 0) is 41.5 Å². The predicted molar refractivity (Wildman–Crippen MR) is 113 cm³/mol. The third kappa shape index (κ3) is 3.86. The molecule has 0 unspecified atom stereocenters. The SMILES string of the molecule is COc1ccc2c(c1)c(CN)cn2CCc1cncn1Cc1ccc(C#N)cc1. The number of aryl methyl sites for hydroxylation is 2. The molecule has 2 aromatic carbocycles. The molecular formula is C23H23N5O. The molecule has 4 rings (SSSR count). The van der Waals surface area contributed by atoms with Crippen molar-refractivity contribution in [3.63, 3.8) is 0 Å². The van der Waals surface area contributed by atoms with E-state index in [1.54, 1.807) is 7.11 Å². The summed E-state index contributed by atoms with van der Waals surface area (Å²) < 4.78 is 9.76. The quantitative estimate of drug-likeness (QED) is 0.528. The van der Waals surface area contributed by atoms with E-state index in [0.29, 0.717) is 12.1 Å². The lowest BCUT2D eigenvalue weighted by atomic mass is 10.1. The number of nitrogens with zero attached hydrogens (tertiary/aromatic N) is 4. The minimum absolute atomic E-state index is 0.493. The molecule has 2 N–H and O–H groups in total. The van der Waals surface area contributed by atoms with Crippen LogP contribution in [0, 0.1) is 11.3 Å². The van der Waals surface area contributed by atoms with Gasteiger partial charge in [0.1, 0.15) is 5.75 Å². The van der Waals surface area contributed by atoms with E-state index < -0.39 is 0 Å². The molecule has 0 saturated heterocycles. The smallest absolute Gasteiger partial charge is 0.119 e. The molecule has 0 spiro atoms. The first kappa shape index (κ1) is 18.8. The van der Waals surface area contributed by atoms with Gasteiger partial charge in [0.15, 0.2) is 0 Å². The molecular weight excluding hydrogens is 362 g/mol. The molecule has 2 aromatic heterocycles. The summed E-state index contributed by atoms with van der Waals surface area (Å²) in [6, 6.07) is 15.9. The third-order valence-electron chi connectivity index (χ3n) is 5.23. The van der Waals surface area contributed by atoms with Crippen molar-refractivity contribution in [3.05, 3.63) is 83.6 Å². The van der Waals surface area contributed by atoms with Crippen LogP contribution in [0.25, 0.3) is 10.9 Å². The fourth-order valence-corrected chi connectivity index (χ4v) is 3.64. The first-order valence-corrected chi connectivity index (χ1v) is 9.55. The molecule has 0 saturated carbocycles. The number of aromatic nitrogens is 3. The number of imidazole rings is 1. The minimum atomic E-state index is 0.493. The summed E-state index contributed by atoms with van der Waals surface area (Å²) in [5.74, 6) is 0.838.